The number of amides is 2. The number of hydrazine groups is 1. The summed E-state index contributed by atoms with van der Waals surface area (Å²) in [6, 6.07) is 2.39. The fourth-order valence-electron chi connectivity index (χ4n) is 5.21. The van der Waals surface area contributed by atoms with E-state index >= 15 is 0 Å². The molecule has 1 atom stereocenters. The van der Waals surface area contributed by atoms with Gasteiger partial charge in [0.2, 0.25) is 0 Å². The summed E-state index contributed by atoms with van der Waals surface area (Å²) in [7, 11) is 0. The van der Waals surface area contributed by atoms with Crippen LogP contribution >= 0.6 is 0 Å². The topological polar surface area (TPSA) is 159 Å². The third-order valence-corrected chi connectivity index (χ3v) is 6.91. The molecule has 204 valence electrons. The van der Waals surface area contributed by atoms with Gasteiger partial charge in [-0.3, -0.25) is 25.2 Å². The average molecular weight is 539 g/mol. The van der Waals surface area contributed by atoms with Gasteiger partial charge in [0.15, 0.2) is 0 Å². The van der Waals surface area contributed by atoms with Gasteiger partial charge in [-0.2, -0.15) is 0 Å². The molecule has 2 aromatic heterocycles. The Balaban J connectivity index is 1.65. The Bertz CT molecular complexity index is 1330. The van der Waals surface area contributed by atoms with Gasteiger partial charge in [-0.25, -0.2) is 17.6 Å². The lowest BCUT2D eigenvalue weighted by Crippen LogP contribution is -2.73. The minimum absolute atomic E-state index is 0.00720. The van der Waals surface area contributed by atoms with Crippen molar-refractivity contribution < 1.29 is 37.7 Å². The highest BCUT2D eigenvalue weighted by atomic mass is 19.3. The summed E-state index contributed by atoms with van der Waals surface area (Å²) in [6.07, 6.45) is -1.62. The average Bonchev–Trinajstić information content (AvgIpc) is 3.30. The van der Waals surface area contributed by atoms with E-state index in [9.17, 15) is 31.9 Å². The summed E-state index contributed by atoms with van der Waals surface area (Å²) in [5.74, 6) is -0.521. The van der Waals surface area contributed by atoms with Gasteiger partial charge in [-0.15, -0.1) is 0 Å². The Labute approximate surface area is 214 Å². The zero-order valence-electron chi connectivity index (χ0n) is 20.7. The van der Waals surface area contributed by atoms with Crippen molar-refractivity contribution in [1.82, 2.24) is 20.3 Å². The number of Topliss-reactive ketones (excluding diaryl/α,β-unsaturated/α-hetero) is 1. The number of nitrogens with one attached hydrogen (secondary N) is 3. The third-order valence-electron chi connectivity index (χ3n) is 6.91. The number of carbonyl (C=O) groups is 3. The Morgan fingerprint density at radius 2 is 1.97 bits per heavy atom. The summed E-state index contributed by atoms with van der Waals surface area (Å²) in [6.45, 7) is 3.79. The molecule has 3 heterocycles. The first kappa shape index (κ1) is 27.3. The lowest BCUT2D eigenvalue weighted by molar-refractivity contribution is -0.335. The van der Waals surface area contributed by atoms with Crippen LogP contribution in [-0.4, -0.2) is 38.6 Å². The van der Waals surface area contributed by atoms with E-state index in [-0.39, 0.29) is 34.1 Å². The van der Waals surface area contributed by atoms with Crippen molar-refractivity contribution in [3.05, 3.63) is 58.4 Å². The molecule has 1 saturated carbocycles. The summed E-state index contributed by atoms with van der Waals surface area (Å²) in [5, 5.41) is 4.96. The van der Waals surface area contributed by atoms with Crippen LogP contribution in [-0.2, 0) is 17.8 Å². The molecule has 2 aliphatic rings. The van der Waals surface area contributed by atoms with Crippen LogP contribution in [0.3, 0.4) is 0 Å². The number of anilines is 1. The Morgan fingerprint density at radius 3 is 2.58 bits per heavy atom. The molecule has 1 aliphatic heterocycles. The van der Waals surface area contributed by atoms with Crippen molar-refractivity contribution >= 4 is 23.3 Å². The van der Waals surface area contributed by atoms with Crippen molar-refractivity contribution in [3.8, 4) is 0 Å². The number of quaternary nitrogens is 1. The molecule has 0 spiro atoms. The quantitative estimate of drug-likeness (QED) is 0.113. The van der Waals surface area contributed by atoms with Gasteiger partial charge in [0.25, 0.3) is 29.9 Å². The second-order valence-corrected chi connectivity index (χ2v) is 9.85. The first-order chi connectivity index (χ1) is 17.8. The summed E-state index contributed by atoms with van der Waals surface area (Å²) in [4.78, 5) is 43.3. The lowest BCUT2D eigenvalue weighted by Gasteiger charge is -2.45. The molecule has 4 rings (SSSR count). The van der Waals surface area contributed by atoms with Crippen LogP contribution in [0.25, 0.3) is 0 Å². The van der Waals surface area contributed by atoms with Gasteiger partial charge < -0.3 is 26.4 Å². The maximum absolute atomic E-state index is 13.8. The van der Waals surface area contributed by atoms with Gasteiger partial charge in [-0.05, 0) is 37.0 Å². The van der Waals surface area contributed by atoms with Crippen LogP contribution in [0, 0.1) is 12.8 Å². The van der Waals surface area contributed by atoms with E-state index in [1.807, 2.05) is 6.92 Å². The van der Waals surface area contributed by atoms with E-state index in [1.54, 1.807) is 4.57 Å². The number of rotatable bonds is 8. The van der Waals surface area contributed by atoms with Gasteiger partial charge in [-0.1, -0.05) is 6.92 Å². The number of hydrogen-bond acceptors (Lipinski definition) is 6. The van der Waals surface area contributed by atoms with Crippen molar-refractivity contribution in [3.63, 3.8) is 0 Å². The molecule has 0 saturated heterocycles. The highest BCUT2D eigenvalue weighted by Crippen LogP contribution is 2.47. The van der Waals surface area contributed by atoms with Gasteiger partial charge in [0.05, 0.1) is 11.8 Å². The first-order valence-corrected chi connectivity index (χ1v) is 11.8. The van der Waals surface area contributed by atoms with E-state index in [0.717, 1.165) is 12.3 Å². The predicted molar refractivity (Wildman–Crippen MR) is 127 cm³/mol. The van der Waals surface area contributed by atoms with Gasteiger partial charge in [0.1, 0.15) is 22.6 Å². The maximum Gasteiger partial charge on any atom is 0.293 e. The first-order valence-electron chi connectivity index (χ1n) is 11.8. The van der Waals surface area contributed by atoms with Crippen molar-refractivity contribution in [1.29, 1.82) is 0 Å². The second-order valence-electron chi connectivity index (χ2n) is 9.85. The summed E-state index contributed by atoms with van der Waals surface area (Å²) in [5.41, 5.74) is 4.78. The zero-order valence-corrected chi connectivity index (χ0v) is 20.7. The van der Waals surface area contributed by atoms with Gasteiger partial charge in [0, 0.05) is 37.0 Å². The molecule has 1 fully saturated rings. The van der Waals surface area contributed by atoms with E-state index in [4.69, 9.17) is 5.84 Å². The molecule has 0 radical (unpaired) electrons. The number of ketones is 1. The number of aromatic nitrogens is 2. The van der Waals surface area contributed by atoms with Crippen LogP contribution in [0.2, 0.25) is 0 Å². The molecular weight excluding hydrogens is 510 g/mol. The van der Waals surface area contributed by atoms with Crippen molar-refractivity contribution in [2.45, 2.75) is 57.5 Å². The SMILES string of the molecule is Cc1c(C(=O)C(=O)NC2(C([NH3+])=CNN)CC(F)(F)C2)c2n(c1C(=O)Nc1ccnc(C(F)F)c1)CC(C)C2. The molecule has 2 amide bonds. The van der Waals surface area contributed by atoms with Crippen LogP contribution in [0.4, 0.5) is 23.2 Å². The van der Waals surface area contributed by atoms with E-state index in [0.29, 0.717) is 18.7 Å². The number of nitrogens with two attached hydrogens (primary N) is 1. The number of nitrogens with zero attached hydrogens (tertiary/aromatic N) is 2. The summed E-state index contributed by atoms with van der Waals surface area (Å²) >= 11 is 0. The largest absolute Gasteiger partial charge is 0.339 e. The Hall–Kier alpha value is -3.78. The number of carbonyl (C=O) groups excluding carboxylic acids is 3. The van der Waals surface area contributed by atoms with E-state index in [2.05, 4.69) is 26.8 Å². The Kier molecular flexibility index (Phi) is 7.05. The molecule has 0 bridgehead atoms. The molecule has 0 aromatic carbocycles. The van der Waals surface area contributed by atoms with E-state index < -0.39 is 54.0 Å². The number of halogens is 4. The zero-order chi connectivity index (χ0) is 28.0. The Morgan fingerprint density at radius 1 is 1.29 bits per heavy atom. The standard InChI is InChI=1S/C24H27F4N7O3/c1-11-5-15-17(19(36)22(38)34-23(16(29)7-32-30)9-24(27,28)10-23)12(2)18(35(15)8-11)21(37)33-13-3-4-31-14(6-13)20(25)26/h3-4,6-7,11,20,32H,5,8-10,29-30H2,1-2H3,(H,34,38)(H,31,33,37)/p+1. The molecule has 38 heavy (non-hydrogen) atoms. The van der Waals surface area contributed by atoms with Crippen molar-refractivity contribution in [2.24, 2.45) is 11.8 Å². The van der Waals surface area contributed by atoms with Crippen LogP contribution in [0.5, 0.6) is 0 Å². The third kappa shape index (κ3) is 4.88. The predicted octanol–water partition coefficient (Wildman–Crippen LogP) is 1.59. The highest BCUT2D eigenvalue weighted by Gasteiger charge is 2.61. The van der Waals surface area contributed by atoms with Crippen LogP contribution < -0.4 is 27.6 Å². The molecule has 8 N–H and O–H groups in total. The second kappa shape index (κ2) is 9.83. The molecular formula is C24H28F4N7O3+. The van der Waals surface area contributed by atoms with Crippen LogP contribution in [0.1, 0.15) is 64.0 Å². The number of fused-ring (bicyclic) bond motifs is 1. The minimum Gasteiger partial charge on any atom is -0.339 e. The maximum atomic E-state index is 13.8. The number of pyridine rings is 1. The fourth-order valence-corrected chi connectivity index (χ4v) is 5.21. The smallest absolute Gasteiger partial charge is 0.293 e. The fraction of sp³-hybridized carbons (Fsp3) is 0.417. The molecule has 10 nitrogen and oxygen atoms in total. The molecule has 1 aliphatic carbocycles. The minimum atomic E-state index is -3.05. The lowest BCUT2D eigenvalue weighted by atomic mass is 9.71. The van der Waals surface area contributed by atoms with Gasteiger partial charge >= 0.3 is 0 Å². The molecule has 2 aromatic rings. The number of hydrogen-bond donors (Lipinski definition) is 5. The number of alkyl halides is 4. The highest BCUT2D eigenvalue weighted by molar-refractivity contribution is 6.44. The van der Waals surface area contributed by atoms with Crippen molar-refractivity contribution in [2.75, 3.05) is 5.32 Å². The normalized spacial score (nSPS) is 19.5. The molecule has 1 unspecified atom stereocenters. The summed E-state index contributed by atoms with van der Waals surface area (Å²) < 4.78 is 55.3. The monoisotopic (exact) mass is 538 g/mol. The van der Waals surface area contributed by atoms with Crippen LogP contribution in [0.15, 0.2) is 30.2 Å². The van der Waals surface area contributed by atoms with E-state index in [1.165, 1.54) is 19.2 Å². The molecule has 14 heteroatoms.